The van der Waals surface area contributed by atoms with Crippen LogP contribution in [-0.4, -0.2) is 29.8 Å². The molecule has 0 saturated carbocycles. The van der Waals surface area contributed by atoms with Crippen LogP contribution < -0.4 is 5.43 Å². The summed E-state index contributed by atoms with van der Waals surface area (Å²) in [5.41, 5.74) is 1.86. The minimum absolute atomic E-state index is 0.0699. The fourth-order valence-corrected chi connectivity index (χ4v) is 3.59. The third-order valence-electron chi connectivity index (χ3n) is 5.41. The van der Waals surface area contributed by atoms with Crippen LogP contribution in [0.4, 0.5) is 9.59 Å². The SMILES string of the molecule is CCOC(=O)C(C#N)(c1ccccc1C)N(NC(=O)OCc1ccccc1)C(=O)OCc1ccccc1. The standard InChI is InChI=1S/C28H27N3O6/c1-3-35-25(32)28(20-29,24-17-11-10-12-21(24)2)31(27(34)37-19-23-15-8-5-9-16-23)30-26(33)36-18-22-13-6-4-7-14-22/h4-17H,3,18-19H2,1-2H3,(H,30,33). The van der Waals surface area contributed by atoms with Gasteiger partial charge in [-0.1, -0.05) is 84.9 Å². The van der Waals surface area contributed by atoms with Gasteiger partial charge >= 0.3 is 18.2 Å². The minimum Gasteiger partial charge on any atom is -0.463 e. The van der Waals surface area contributed by atoms with E-state index in [2.05, 4.69) is 5.43 Å². The van der Waals surface area contributed by atoms with Crippen molar-refractivity contribution in [2.45, 2.75) is 32.6 Å². The normalized spacial score (nSPS) is 11.8. The number of nitrogens with one attached hydrogen (secondary N) is 1. The van der Waals surface area contributed by atoms with Crippen molar-refractivity contribution in [1.82, 2.24) is 10.4 Å². The lowest BCUT2D eigenvalue weighted by atomic mass is 9.87. The Labute approximate surface area is 215 Å². The molecular weight excluding hydrogens is 474 g/mol. The van der Waals surface area contributed by atoms with Crippen molar-refractivity contribution < 1.29 is 28.6 Å². The predicted octanol–water partition coefficient (Wildman–Crippen LogP) is 4.76. The summed E-state index contributed by atoms with van der Waals surface area (Å²) in [6.45, 7) is 2.89. The fourth-order valence-electron chi connectivity index (χ4n) is 3.59. The van der Waals surface area contributed by atoms with Crippen LogP contribution in [0.5, 0.6) is 0 Å². The average molecular weight is 502 g/mol. The van der Waals surface area contributed by atoms with Gasteiger partial charge in [0.25, 0.3) is 5.54 Å². The van der Waals surface area contributed by atoms with E-state index in [4.69, 9.17) is 14.2 Å². The molecule has 0 bridgehead atoms. The van der Waals surface area contributed by atoms with Gasteiger partial charge in [0, 0.05) is 5.56 Å². The molecule has 0 aromatic heterocycles. The molecule has 2 amide bonds. The van der Waals surface area contributed by atoms with Crippen LogP contribution in [0.1, 0.15) is 29.2 Å². The maximum Gasteiger partial charge on any atom is 0.431 e. The van der Waals surface area contributed by atoms with Crippen molar-refractivity contribution in [1.29, 1.82) is 5.26 Å². The zero-order chi connectivity index (χ0) is 26.7. The van der Waals surface area contributed by atoms with Gasteiger partial charge in [-0.2, -0.15) is 10.3 Å². The number of esters is 1. The van der Waals surface area contributed by atoms with E-state index in [0.29, 0.717) is 21.7 Å². The Morgan fingerprint density at radius 3 is 1.92 bits per heavy atom. The highest BCUT2D eigenvalue weighted by Gasteiger charge is 2.53. The zero-order valence-corrected chi connectivity index (χ0v) is 20.5. The molecular formula is C28H27N3O6. The highest BCUT2D eigenvalue weighted by atomic mass is 16.6. The van der Waals surface area contributed by atoms with Crippen LogP contribution in [0.3, 0.4) is 0 Å². The van der Waals surface area contributed by atoms with Crippen LogP contribution in [0, 0.1) is 18.3 Å². The Balaban J connectivity index is 1.99. The van der Waals surface area contributed by atoms with E-state index in [1.165, 1.54) is 6.07 Å². The van der Waals surface area contributed by atoms with Crippen LogP contribution in [0.25, 0.3) is 0 Å². The molecule has 0 heterocycles. The molecule has 3 rings (SSSR count). The van der Waals surface area contributed by atoms with E-state index in [0.717, 1.165) is 0 Å². The van der Waals surface area contributed by atoms with Gasteiger partial charge in [-0.15, -0.1) is 0 Å². The van der Waals surface area contributed by atoms with Crippen molar-refractivity contribution in [3.8, 4) is 6.07 Å². The summed E-state index contributed by atoms with van der Waals surface area (Å²) in [6.07, 6.45) is -2.23. The topological polar surface area (TPSA) is 118 Å². The molecule has 190 valence electrons. The van der Waals surface area contributed by atoms with E-state index < -0.39 is 23.7 Å². The molecule has 1 N–H and O–H groups in total. The van der Waals surface area contributed by atoms with Gasteiger partial charge in [-0.3, -0.25) is 0 Å². The van der Waals surface area contributed by atoms with Crippen molar-refractivity contribution in [2.75, 3.05) is 6.61 Å². The number of hydrogen-bond acceptors (Lipinski definition) is 7. The first kappa shape index (κ1) is 26.8. The van der Waals surface area contributed by atoms with Gasteiger partial charge < -0.3 is 14.2 Å². The average Bonchev–Trinajstić information content (AvgIpc) is 2.93. The first-order valence-corrected chi connectivity index (χ1v) is 11.5. The third kappa shape index (κ3) is 6.44. The Bertz CT molecular complexity index is 1260. The predicted molar refractivity (Wildman–Crippen MR) is 133 cm³/mol. The second kappa shape index (κ2) is 12.7. The molecule has 37 heavy (non-hydrogen) atoms. The summed E-state index contributed by atoms with van der Waals surface area (Å²) in [5, 5.41) is 10.9. The number of hydrogen-bond donors (Lipinski definition) is 1. The van der Waals surface area contributed by atoms with Crippen molar-refractivity contribution in [2.24, 2.45) is 0 Å². The molecule has 0 aliphatic heterocycles. The Morgan fingerprint density at radius 2 is 1.38 bits per heavy atom. The highest BCUT2D eigenvalue weighted by Crippen LogP contribution is 2.32. The summed E-state index contributed by atoms with van der Waals surface area (Å²) >= 11 is 0. The number of ether oxygens (including phenoxy) is 3. The Kier molecular flexibility index (Phi) is 9.22. The minimum atomic E-state index is -2.40. The number of aryl methyl sites for hydroxylation is 1. The maximum absolute atomic E-state index is 13.4. The molecule has 3 aromatic carbocycles. The molecule has 0 fully saturated rings. The second-order valence-electron chi connectivity index (χ2n) is 7.91. The maximum atomic E-state index is 13.4. The van der Waals surface area contributed by atoms with E-state index in [1.807, 2.05) is 18.2 Å². The van der Waals surface area contributed by atoms with E-state index >= 15 is 0 Å². The lowest BCUT2D eigenvalue weighted by Gasteiger charge is -2.36. The summed E-state index contributed by atoms with van der Waals surface area (Å²) in [5.74, 6) is -1.06. The van der Waals surface area contributed by atoms with Gasteiger partial charge in [-0.25, -0.2) is 19.8 Å². The smallest absolute Gasteiger partial charge is 0.431 e. The molecule has 9 heteroatoms. The molecule has 0 aliphatic carbocycles. The lowest BCUT2D eigenvalue weighted by Crippen LogP contribution is -2.62. The summed E-state index contributed by atoms with van der Waals surface area (Å²) < 4.78 is 15.9. The van der Waals surface area contributed by atoms with E-state index in [9.17, 15) is 19.6 Å². The van der Waals surface area contributed by atoms with Gasteiger partial charge in [0.1, 0.15) is 19.3 Å². The van der Waals surface area contributed by atoms with Gasteiger partial charge in [0.05, 0.1) is 6.61 Å². The summed E-state index contributed by atoms with van der Waals surface area (Å²) in [6, 6.07) is 26.1. The zero-order valence-electron chi connectivity index (χ0n) is 20.5. The van der Waals surface area contributed by atoms with Gasteiger partial charge in [0.15, 0.2) is 0 Å². The number of carbonyl (C=O) groups is 3. The van der Waals surface area contributed by atoms with Crippen molar-refractivity contribution >= 4 is 18.2 Å². The molecule has 0 saturated heterocycles. The number of benzene rings is 3. The number of nitrogens with zero attached hydrogens (tertiary/aromatic N) is 2. The largest absolute Gasteiger partial charge is 0.463 e. The Hall–Kier alpha value is -4.84. The third-order valence-corrected chi connectivity index (χ3v) is 5.41. The number of amides is 2. The number of nitriles is 1. The Morgan fingerprint density at radius 1 is 0.838 bits per heavy atom. The summed E-state index contributed by atoms with van der Waals surface area (Å²) in [7, 11) is 0. The van der Waals surface area contributed by atoms with E-state index in [-0.39, 0.29) is 25.4 Å². The molecule has 1 unspecified atom stereocenters. The van der Waals surface area contributed by atoms with Gasteiger partial charge in [-0.05, 0) is 30.5 Å². The van der Waals surface area contributed by atoms with Crippen LogP contribution in [0.2, 0.25) is 0 Å². The van der Waals surface area contributed by atoms with Gasteiger partial charge in [0.2, 0.25) is 0 Å². The lowest BCUT2D eigenvalue weighted by molar-refractivity contribution is -0.155. The molecule has 0 aliphatic rings. The van der Waals surface area contributed by atoms with E-state index in [1.54, 1.807) is 80.6 Å². The number of rotatable bonds is 8. The first-order chi connectivity index (χ1) is 17.9. The van der Waals surface area contributed by atoms with Crippen LogP contribution in [0.15, 0.2) is 84.9 Å². The molecule has 0 radical (unpaired) electrons. The second-order valence-corrected chi connectivity index (χ2v) is 7.91. The molecule has 3 aromatic rings. The highest BCUT2D eigenvalue weighted by molar-refractivity contribution is 5.91. The molecule has 9 nitrogen and oxygen atoms in total. The van der Waals surface area contributed by atoms with Crippen LogP contribution >= 0.6 is 0 Å². The quantitative estimate of drug-likeness (QED) is 0.269. The fraction of sp³-hybridized carbons (Fsp3) is 0.214. The number of carbonyl (C=O) groups excluding carboxylic acids is 3. The molecule has 0 spiro atoms. The molecule has 1 atom stereocenters. The number of hydrazine groups is 1. The van der Waals surface area contributed by atoms with Crippen molar-refractivity contribution in [3.63, 3.8) is 0 Å². The summed E-state index contributed by atoms with van der Waals surface area (Å²) in [4.78, 5) is 39.6. The van der Waals surface area contributed by atoms with Crippen LogP contribution in [-0.2, 0) is 37.8 Å². The first-order valence-electron chi connectivity index (χ1n) is 11.5. The monoisotopic (exact) mass is 501 g/mol. The van der Waals surface area contributed by atoms with Crippen molar-refractivity contribution in [3.05, 3.63) is 107 Å².